The molecule has 3 aromatic carbocycles. The van der Waals surface area contributed by atoms with Gasteiger partial charge in [0.25, 0.3) is 17.1 Å². The molecule has 61 heavy (non-hydrogen) atoms. The molecule has 22 nitrogen and oxygen atoms in total. The van der Waals surface area contributed by atoms with E-state index in [2.05, 4.69) is 4.99 Å². The van der Waals surface area contributed by atoms with Crippen LogP contribution in [0.15, 0.2) is 77.8 Å². The molecular weight excluding hydrogens is 829 g/mol. The molecule has 2 fully saturated rings. The Balaban J connectivity index is 1.18. The molecule has 1 N–H and O–H groups in total. The van der Waals surface area contributed by atoms with Gasteiger partial charge < -0.3 is 33.9 Å². The fourth-order valence-corrected chi connectivity index (χ4v) is 7.54. The minimum atomic E-state index is -2.17. The number of amidine groups is 1. The van der Waals surface area contributed by atoms with Gasteiger partial charge in [0.2, 0.25) is 12.1 Å². The van der Waals surface area contributed by atoms with Crippen molar-refractivity contribution in [2.45, 2.75) is 70.1 Å². The molecular formula is C38H38N6O16S. The van der Waals surface area contributed by atoms with Crippen molar-refractivity contribution < 1.29 is 62.8 Å². The van der Waals surface area contributed by atoms with Crippen LogP contribution in [0.1, 0.15) is 43.4 Å². The topological polar surface area (TPSA) is 291 Å². The second-order valence-corrected chi connectivity index (χ2v) is 15.1. The molecule has 5 rings (SSSR count). The van der Waals surface area contributed by atoms with E-state index in [1.165, 1.54) is 79.7 Å². The Hall–Kier alpha value is -7.01. The predicted octanol–water partition coefficient (Wildman–Crippen LogP) is 4.82. The number of aliphatic hydroxyl groups excluding tert-OH is 1. The zero-order valence-electron chi connectivity index (χ0n) is 32.4. The van der Waals surface area contributed by atoms with Crippen LogP contribution in [0.5, 0.6) is 0 Å². The number of β-lactam (4-membered cyclic amide) rings is 1. The highest BCUT2D eigenvalue weighted by molar-refractivity contribution is 8.14. The molecule has 2 amide bonds. The van der Waals surface area contributed by atoms with Gasteiger partial charge >= 0.3 is 18.2 Å². The number of carbonyl (C=O) groups excluding carboxylic acids is 5. The molecule has 0 radical (unpaired) electrons. The lowest BCUT2D eigenvalue weighted by Crippen LogP contribution is -2.69. The van der Waals surface area contributed by atoms with Crippen molar-refractivity contribution in [3.05, 3.63) is 120 Å². The van der Waals surface area contributed by atoms with Gasteiger partial charge in [0.1, 0.15) is 31.8 Å². The van der Waals surface area contributed by atoms with Crippen LogP contribution in [0, 0.1) is 36.3 Å². The van der Waals surface area contributed by atoms with Gasteiger partial charge in [0.15, 0.2) is 5.12 Å². The molecule has 23 heteroatoms. The standard InChI is InChI=1S/C38H38N6O16S/c1-22(60-38(50)59-21-26-7-13-29(14-8-26)44(55)56)33-31(41(34(33)46)35(47)36(48)57-19-24-3-9-27(10-4-24)42(51)52)17-32(45)61-30-15-16-40(18-30)23(2)39-37(49)58-20-25-5-11-28(12-6-25)43(53)54/h3-14,22,30-31,33,35,47H,15-21H2,1-2H3/t22-,30?,31-,33+,35?/m1/s1. The van der Waals surface area contributed by atoms with Crippen LogP contribution >= 0.6 is 11.8 Å². The number of ether oxygens (including phenoxy) is 4. The van der Waals surface area contributed by atoms with Crippen molar-refractivity contribution in [1.29, 1.82) is 0 Å². The Morgan fingerprint density at radius 1 is 0.803 bits per heavy atom. The first kappa shape index (κ1) is 45.1. The summed E-state index contributed by atoms with van der Waals surface area (Å²) in [7, 11) is 0. The molecule has 3 aromatic rings. The summed E-state index contributed by atoms with van der Waals surface area (Å²) in [5.41, 5.74) is 0.791. The molecule has 2 heterocycles. The first-order chi connectivity index (χ1) is 29.0. The molecule has 0 bridgehead atoms. The third-order valence-electron chi connectivity index (χ3n) is 9.64. The zero-order chi connectivity index (χ0) is 44.4. The molecule has 0 spiro atoms. The Kier molecular flexibility index (Phi) is 15.0. The Morgan fingerprint density at radius 3 is 1.77 bits per heavy atom. The SMILES string of the molecule is CC(=NC(=O)OCc1ccc([N+](=O)[O-])cc1)N1CCC(SC(=O)C[C@@H]2[C@H]([C@@H](C)OC(=O)OCc3ccc([N+](=O)[O-])cc3)C(=O)N2C(O)C(=O)OCc2ccc([N+](=O)[O-])cc2)C1. The normalized spacial score (nSPS) is 18.3. The lowest BCUT2D eigenvalue weighted by Gasteiger charge is -2.49. The summed E-state index contributed by atoms with van der Waals surface area (Å²) in [5, 5.41) is 43.0. The van der Waals surface area contributed by atoms with Gasteiger partial charge in [-0.05, 0) is 73.4 Å². The number of non-ortho nitro benzene ring substituents is 3. The second kappa shape index (κ2) is 20.3. The summed E-state index contributed by atoms with van der Waals surface area (Å²) in [6, 6.07) is 14.6. The van der Waals surface area contributed by atoms with Crippen molar-refractivity contribution in [1.82, 2.24) is 9.80 Å². The summed E-state index contributed by atoms with van der Waals surface area (Å²) in [6.45, 7) is 2.79. The van der Waals surface area contributed by atoms with Crippen LogP contribution in [0.25, 0.3) is 0 Å². The van der Waals surface area contributed by atoms with E-state index in [0.29, 0.717) is 42.0 Å². The Bertz CT molecular complexity index is 2190. The third-order valence-corrected chi connectivity index (χ3v) is 10.8. The largest absolute Gasteiger partial charge is 0.508 e. The van der Waals surface area contributed by atoms with Crippen molar-refractivity contribution >= 4 is 63.9 Å². The maximum absolute atomic E-state index is 13.5. The lowest BCUT2D eigenvalue weighted by molar-refractivity contribution is -0.385. The minimum absolute atomic E-state index is 0.112. The summed E-state index contributed by atoms with van der Waals surface area (Å²) in [5.74, 6) is -2.97. The van der Waals surface area contributed by atoms with Crippen LogP contribution in [-0.2, 0) is 53.2 Å². The van der Waals surface area contributed by atoms with Gasteiger partial charge in [-0.15, -0.1) is 0 Å². The Morgan fingerprint density at radius 2 is 1.28 bits per heavy atom. The number of hydrogen-bond donors (Lipinski definition) is 1. The Labute approximate surface area is 349 Å². The smallest absolute Gasteiger partial charge is 0.457 e. The summed E-state index contributed by atoms with van der Waals surface area (Å²) in [6.07, 6.45) is -5.38. The maximum Gasteiger partial charge on any atom is 0.508 e. The molecule has 0 aliphatic carbocycles. The number of esters is 1. The van der Waals surface area contributed by atoms with E-state index in [9.17, 15) is 59.4 Å². The predicted molar refractivity (Wildman–Crippen MR) is 210 cm³/mol. The van der Waals surface area contributed by atoms with Gasteiger partial charge in [-0.2, -0.15) is 4.99 Å². The fraction of sp³-hybridized carbons (Fsp3) is 0.368. The van der Waals surface area contributed by atoms with Crippen molar-refractivity contribution in [3.8, 4) is 0 Å². The number of nitrogens with zero attached hydrogens (tertiary/aromatic N) is 6. The number of likely N-dealkylation sites (tertiary alicyclic amines) is 2. The third kappa shape index (κ3) is 12.0. The molecule has 2 unspecified atom stereocenters. The monoisotopic (exact) mass is 866 g/mol. The molecule has 0 saturated carbocycles. The number of hydrogen-bond acceptors (Lipinski definition) is 17. The second-order valence-electron chi connectivity index (χ2n) is 13.7. The molecule has 5 atom stereocenters. The number of aliphatic imine (C=N–C) groups is 1. The molecule has 2 aliphatic heterocycles. The quantitative estimate of drug-likeness (QED) is 0.0384. The molecule has 2 saturated heterocycles. The highest BCUT2D eigenvalue weighted by atomic mass is 32.2. The summed E-state index contributed by atoms with van der Waals surface area (Å²) >= 11 is 0.948. The van der Waals surface area contributed by atoms with Crippen LogP contribution in [-0.4, -0.2) is 101 Å². The number of aliphatic hydroxyl groups is 1. The van der Waals surface area contributed by atoms with Crippen molar-refractivity contribution in [3.63, 3.8) is 0 Å². The molecule has 0 aromatic heterocycles. The van der Waals surface area contributed by atoms with E-state index >= 15 is 0 Å². The van der Waals surface area contributed by atoms with Gasteiger partial charge in [-0.1, -0.05) is 11.8 Å². The van der Waals surface area contributed by atoms with E-state index < -0.39 is 81.3 Å². The zero-order valence-corrected chi connectivity index (χ0v) is 33.2. The number of nitro benzene ring substituents is 3. The van der Waals surface area contributed by atoms with E-state index in [0.717, 1.165) is 16.7 Å². The maximum atomic E-state index is 13.5. The van der Waals surface area contributed by atoms with Crippen LogP contribution in [0.4, 0.5) is 26.7 Å². The van der Waals surface area contributed by atoms with Gasteiger partial charge in [0, 0.05) is 61.2 Å². The van der Waals surface area contributed by atoms with Crippen LogP contribution in [0.3, 0.4) is 0 Å². The van der Waals surface area contributed by atoms with Crippen molar-refractivity contribution in [2.24, 2.45) is 10.9 Å². The van der Waals surface area contributed by atoms with Gasteiger partial charge in [-0.3, -0.25) is 39.9 Å². The lowest BCUT2D eigenvalue weighted by atomic mass is 9.81. The van der Waals surface area contributed by atoms with E-state index in [-0.39, 0.29) is 35.5 Å². The molecule has 2 aliphatic rings. The summed E-state index contributed by atoms with van der Waals surface area (Å²) < 4.78 is 20.8. The van der Waals surface area contributed by atoms with E-state index in [1.54, 1.807) is 11.8 Å². The fourth-order valence-electron chi connectivity index (χ4n) is 6.42. The number of carbonyl (C=O) groups is 5. The highest BCUT2D eigenvalue weighted by Gasteiger charge is 2.56. The van der Waals surface area contributed by atoms with Crippen molar-refractivity contribution in [2.75, 3.05) is 13.1 Å². The average molecular weight is 867 g/mol. The first-order valence-electron chi connectivity index (χ1n) is 18.4. The van der Waals surface area contributed by atoms with E-state index in [4.69, 9.17) is 18.9 Å². The minimum Gasteiger partial charge on any atom is -0.457 e. The highest BCUT2D eigenvalue weighted by Crippen LogP contribution is 2.37. The molecule has 322 valence electrons. The summed E-state index contributed by atoms with van der Waals surface area (Å²) in [4.78, 5) is 102. The number of thioether (sulfide) groups is 1. The number of amides is 2. The number of benzene rings is 3. The van der Waals surface area contributed by atoms with Gasteiger partial charge in [-0.25, -0.2) is 14.4 Å². The van der Waals surface area contributed by atoms with Gasteiger partial charge in [0.05, 0.1) is 26.7 Å². The van der Waals surface area contributed by atoms with E-state index in [1.807, 2.05) is 0 Å². The first-order valence-corrected chi connectivity index (χ1v) is 19.3. The van der Waals surface area contributed by atoms with Crippen LogP contribution in [0.2, 0.25) is 0 Å². The number of nitro groups is 3. The average Bonchev–Trinajstić information content (AvgIpc) is 3.70. The number of rotatable bonds is 16. The van der Waals surface area contributed by atoms with Crippen LogP contribution < -0.4 is 0 Å².